The maximum absolute atomic E-state index is 11.9. The van der Waals surface area contributed by atoms with E-state index in [1.165, 1.54) is 0 Å². The zero-order valence-electron chi connectivity index (χ0n) is 15.1. The molecule has 4 N–H and O–H groups in total. The Morgan fingerprint density at radius 3 is 2.07 bits per heavy atom. The zero-order chi connectivity index (χ0) is 20.2. The van der Waals surface area contributed by atoms with Crippen molar-refractivity contribution in [2.75, 3.05) is 12.4 Å². The number of anilines is 1. The number of hydrogen-bond donors (Lipinski definition) is 4. The van der Waals surface area contributed by atoms with Gasteiger partial charge in [0.2, 0.25) is 11.8 Å². The van der Waals surface area contributed by atoms with Crippen LogP contribution in [0.3, 0.4) is 0 Å². The van der Waals surface area contributed by atoms with Gasteiger partial charge < -0.3 is 25.6 Å². The van der Waals surface area contributed by atoms with Gasteiger partial charge in [0.25, 0.3) is 0 Å². The number of carboxylic acids is 2. The van der Waals surface area contributed by atoms with Crippen molar-refractivity contribution in [2.24, 2.45) is 0 Å². The first-order valence-corrected chi connectivity index (χ1v) is 8.49. The van der Waals surface area contributed by atoms with Crippen LogP contribution in [0.25, 0.3) is 0 Å². The van der Waals surface area contributed by atoms with Gasteiger partial charge in [0.05, 0.1) is 7.11 Å². The summed E-state index contributed by atoms with van der Waals surface area (Å²) in [6.07, 6.45) is 0.631. The molecule has 1 aromatic carbocycles. The lowest BCUT2D eigenvalue weighted by molar-refractivity contribution is -0.143. The molecule has 0 unspecified atom stereocenters. The molecule has 27 heavy (non-hydrogen) atoms. The molecule has 0 saturated heterocycles. The van der Waals surface area contributed by atoms with Crippen LogP contribution >= 0.6 is 0 Å². The third-order valence-electron chi connectivity index (χ3n) is 3.71. The summed E-state index contributed by atoms with van der Waals surface area (Å²) in [7, 11) is 1.55. The Hall–Kier alpha value is -3.10. The molecule has 148 valence electrons. The maximum Gasteiger partial charge on any atom is 0.326 e. The number of methoxy groups -OCH3 is 1. The number of benzene rings is 1. The second-order valence-corrected chi connectivity index (χ2v) is 5.87. The van der Waals surface area contributed by atoms with Gasteiger partial charge in [-0.25, -0.2) is 4.79 Å². The van der Waals surface area contributed by atoms with Gasteiger partial charge in [-0.1, -0.05) is 0 Å². The van der Waals surface area contributed by atoms with Crippen molar-refractivity contribution in [3.63, 3.8) is 0 Å². The number of ether oxygens (including phenoxy) is 1. The van der Waals surface area contributed by atoms with E-state index in [-0.39, 0.29) is 31.6 Å². The zero-order valence-corrected chi connectivity index (χ0v) is 15.1. The first-order valence-electron chi connectivity index (χ1n) is 8.49. The predicted molar refractivity (Wildman–Crippen MR) is 96.5 cm³/mol. The van der Waals surface area contributed by atoms with E-state index in [2.05, 4.69) is 10.6 Å². The molecule has 0 aromatic heterocycles. The SMILES string of the molecule is COc1ccc(NC(=O)CCCCC(=O)N[C@@H](CCC(=O)O)C(=O)O)cc1. The largest absolute Gasteiger partial charge is 0.497 e. The van der Waals surface area contributed by atoms with Crippen molar-refractivity contribution in [3.05, 3.63) is 24.3 Å². The number of aliphatic carboxylic acids is 2. The van der Waals surface area contributed by atoms with E-state index >= 15 is 0 Å². The molecule has 1 atom stereocenters. The van der Waals surface area contributed by atoms with E-state index in [1.807, 2.05) is 0 Å². The minimum absolute atomic E-state index is 0.0622. The van der Waals surface area contributed by atoms with Crippen LogP contribution in [0.5, 0.6) is 5.75 Å². The van der Waals surface area contributed by atoms with Crippen molar-refractivity contribution in [3.8, 4) is 5.75 Å². The van der Waals surface area contributed by atoms with Gasteiger partial charge in [-0.3, -0.25) is 14.4 Å². The Bertz CT molecular complexity index is 658. The van der Waals surface area contributed by atoms with Crippen LogP contribution in [-0.4, -0.2) is 47.1 Å². The summed E-state index contributed by atoms with van der Waals surface area (Å²) in [4.78, 5) is 45.1. The molecular formula is C18H24N2O7. The third-order valence-corrected chi connectivity index (χ3v) is 3.71. The number of carboxylic acid groups (broad SMARTS) is 2. The second-order valence-electron chi connectivity index (χ2n) is 5.87. The van der Waals surface area contributed by atoms with E-state index < -0.39 is 23.9 Å². The molecule has 0 saturated carbocycles. The van der Waals surface area contributed by atoms with Crippen molar-refractivity contribution in [2.45, 2.75) is 44.6 Å². The summed E-state index contributed by atoms with van der Waals surface area (Å²) in [5.74, 6) is -2.39. The van der Waals surface area contributed by atoms with Gasteiger partial charge in [0.15, 0.2) is 0 Å². The first-order chi connectivity index (χ1) is 12.8. The molecule has 1 aromatic rings. The maximum atomic E-state index is 11.9. The van der Waals surface area contributed by atoms with Crippen molar-refractivity contribution >= 4 is 29.4 Å². The molecule has 0 radical (unpaired) electrons. The third kappa shape index (κ3) is 9.24. The molecule has 9 nitrogen and oxygen atoms in total. The van der Waals surface area contributed by atoms with E-state index in [0.29, 0.717) is 24.3 Å². The Labute approximate surface area is 156 Å². The van der Waals surface area contributed by atoms with Crippen LogP contribution in [0.1, 0.15) is 38.5 Å². The van der Waals surface area contributed by atoms with Crippen LogP contribution < -0.4 is 15.4 Å². The van der Waals surface area contributed by atoms with Gasteiger partial charge in [-0.15, -0.1) is 0 Å². The highest BCUT2D eigenvalue weighted by Gasteiger charge is 2.20. The Kier molecular flexibility index (Phi) is 9.35. The molecule has 0 aliphatic rings. The monoisotopic (exact) mass is 380 g/mol. The van der Waals surface area contributed by atoms with E-state index in [9.17, 15) is 19.2 Å². The summed E-state index contributed by atoms with van der Waals surface area (Å²) < 4.78 is 5.03. The number of rotatable bonds is 12. The fourth-order valence-corrected chi connectivity index (χ4v) is 2.26. The molecule has 0 aliphatic heterocycles. The summed E-state index contributed by atoms with van der Waals surface area (Å²) in [5.41, 5.74) is 0.640. The van der Waals surface area contributed by atoms with Crippen molar-refractivity contribution in [1.82, 2.24) is 5.32 Å². The number of carbonyl (C=O) groups is 4. The lowest BCUT2D eigenvalue weighted by atomic mass is 10.1. The predicted octanol–water partition coefficient (Wildman–Crippen LogP) is 1.63. The number of amides is 2. The summed E-state index contributed by atoms with van der Waals surface area (Å²) >= 11 is 0. The molecule has 0 spiro atoms. The molecule has 1 rings (SSSR count). The number of hydrogen-bond acceptors (Lipinski definition) is 5. The smallest absolute Gasteiger partial charge is 0.326 e. The molecule has 0 bridgehead atoms. The van der Waals surface area contributed by atoms with Crippen LogP contribution in [0.15, 0.2) is 24.3 Å². The molecule has 0 fully saturated rings. The van der Waals surface area contributed by atoms with Gasteiger partial charge >= 0.3 is 11.9 Å². The Morgan fingerprint density at radius 1 is 0.963 bits per heavy atom. The molecule has 0 heterocycles. The highest BCUT2D eigenvalue weighted by Crippen LogP contribution is 2.15. The van der Waals surface area contributed by atoms with Crippen molar-refractivity contribution < 1.29 is 34.1 Å². The standard InChI is InChI=1S/C18H24N2O7/c1-27-13-8-6-12(7-9-13)19-15(21)4-2-3-5-16(22)20-14(18(25)26)10-11-17(23)24/h6-9,14H,2-5,10-11H2,1H3,(H,19,21)(H,20,22)(H,23,24)(H,25,26)/t14-/m0/s1. The first kappa shape index (κ1) is 21.9. The summed E-state index contributed by atoms with van der Waals surface area (Å²) in [5, 5.41) is 22.6. The minimum Gasteiger partial charge on any atom is -0.497 e. The van der Waals surface area contributed by atoms with Crippen LogP contribution in [-0.2, 0) is 19.2 Å². The average Bonchev–Trinajstić information content (AvgIpc) is 2.62. The quantitative estimate of drug-likeness (QED) is 0.404. The molecule has 9 heteroatoms. The van der Waals surface area contributed by atoms with Gasteiger partial charge in [0, 0.05) is 24.9 Å². The highest BCUT2D eigenvalue weighted by atomic mass is 16.5. The minimum atomic E-state index is -1.27. The fourth-order valence-electron chi connectivity index (χ4n) is 2.26. The van der Waals surface area contributed by atoms with Crippen molar-refractivity contribution in [1.29, 1.82) is 0 Å². The average molecular weight is 380 g/mol. The lowest BCUT2D eigenvalue weighted by Gasteiger charge is -2.13. The topological polar surface area (TPSA) is 142 Å². The van der Waals surface area contributed by atoms with Gasteiger partial charge in [-0.05, 0) is 43.5 Å². The summed E-state index contributed by atoms with van der Waals surface area (Å²) in [6.45, 7) is 0. The molecular weight excluding hydrogens is 356 g/mol. The lowest BCUT2D eigenvalue weighted by Crippen LogP contribution is -2.41. The normalized spacial score (nSPS) is 11.3. The molecule has 0 aliphatic carbocycles. The highest BCUT2D eigenvalue weighted by molar-refractivity contribution is 5.90. The second kappa shape index (κ2) is 11.5. The van der Waals surface area contributed by atoms with Crippen LogP contribution in [0.2, 0.25) is 0 Å². The van der Waals surface area contributed by atoms with E-state index in [4.69, 9.17) is 14.9 Å². The molecule has 2 amide bonds. The number of nitrogens with one attached hydrogen (secondary N) is 2. The summed E-state index contributed by atoms with van der Waals surface area (Å²) in [6, 6.07) is 5.65. The van der Waals surface area contributed by atoms with Crippen LogP contribution in [0, 0.1) is 0 Å². The van der Waals surface area contributed by atoms with Gasteiger partial charge in [0.1, 0.15) is 11.8 Å². The van der Waals surface area contributed by atoms with E-state index in [1.54, 1.807) is 31.4 Å². The van der Waals surface area contributed by atoms with Crippen LogP contribution in [0.4, 0.5) is 5.69 Å². The van der Waals surface area contributed by atoms with E-state index in [0.717, 1.165) is 0 Å². The Balaban J connectivity index is 2.26. The Morgan fingerprint density at radius 2 is 1.56 bits per heavy atom. The number of unbranched alkanes of at least 4 members (excludes halogenated alkanes) is 1. The van der Waals surface area contributed by atoms with Gasteiger partial charge in [-0.2, -0.15) is 0 Å². The fraction of sp³-hybridized carbons (Fsp3) is 0.444. The number of carbonyl (C=O) groups excluding carboxylic acids is 2.